The minimum absolute atomic E-state index is 0.0308. The first-order valence-electron chi connectivity index (χ1n) is 11.4. The van der Waals surface area contributed by atoms with Gasteiger partial charge in [0, 0.05) is 17.0 Å². The Hall–Kier alpha value is -3.11. The highest BCUT2D eigenvalue weighted by Gasteiger charge is 2.42. The van der Waals surface area contributed by atoms with E-state index in [2.05, 4.69) is 41.7 Å². The lowest BCUT2D eigenvalue weighted by atomic mass is 9.73. The average Bonchev–Trinajstić information content (AvgIpc) is 2.78. The molecular weight excluding hydrogens is 434 g/mol. The number of carboxylic acid groups (broad SMARTS) is 1. The Morgan fingerprint density at radius 1 is 0.909 bits per heavy atom. The highest BCUT2D eigenvalue weighted by Crippen LogP contribution is 2.35. The van der Waals surface area contributed by atoms with Crippen LogP contribution in [0.3, 0.4) is 0 Å². The molecular formula is C28H28ClNO3. The summed E-state index contributed by atoms with van der Waals surface area (Å²) in [6.07, 6.45) is 1.93. The third kappa shape index (κ3) is 5.45. The Bertz CT molecular complexity index is 1100. The minimum atomic E-state index is -0.886. The molecule has 2 unspecified atom stereocenters. The van der Waals surface area contributed by atoms with Crippen LogP contribution in [-0.2, 0) is 16.0 Å². The summed E-state index contributed by atoms with van der Waals surface area (Å²) in [5, 5.41) is 13.1. The third-order valence-corrected chi connectivity index (χ3v) is 6.97. The van der Waals surface area contributed by atoms with Gasteiger partial charge in [-0.15, -0.1) is 0 Å². The molecule has 4 nitrogen and oxygen atoms in total. The summed E-state index contributed by atoms with van der Waals surface area (Å²) < 4.78 is 0. The number of amides is 1. The second-order valence-electron chi connectivity index (χ2n) is 8.85. The first kappa shape index (κ1) is 23.1. The first-order valence-corrected chi connectivity index (χ1v) is 11.7. The number of benzene rings is 3. The Morgan fingerprint density at radius 2 is 1.52 bits per heavy atom. The summed E-state index contributed by atoms with van der Waals surface area (Å²) in [5.41, 5.74) is 4.55. The Kier molecular flexibility index (Phi) is 7.14. The largest absolute Gasteiger partial charge is 0.481 e. The van der Waals surface area contributed by atoms with Gasteiger partial charge < -0.3 is 10.4 Å². The molecule has 1 aliphatic rings. The van der Waals surface area contributed by atoms with Crippen molar-refractivity contribution in [3.8, 4) is 11.1 Å². The van der Waals surface area contributed by atoms with Crippen LogP contribution >= 0.6 is 11.6 Å². The molecule has 0 heterocycles. The number of rotatable bonds is 8. The summed E-state index contributed by atoms with van der Waals surface area (Å²) in [4.78, 5) is 24.2. The van der Waals surface area contributed by atoms with E-state index in [1.54, 1.807) is 0 Å². The predicted molar refractivity (Wildman–Crippen MR) is 131 cm³/mol. The predicted octanol–water partition coefficient (Wildman–Crippen LogP) is 5.95. The molecule has 2 N–H and O–H groups in total. The van der Waals surface area contributed by atoms with Crippen LogP contribution in [-0.4, -0.2) is 23.0 Å². The molecule has 1 aliphatic carbocycles. The minimum Gasteiger partial charge on any atom is -0.481 e. The summed E-state index contributed by atoms with van der Waals surface area (Å²) in [5.74, 6) is -2.03. The molecule has 33 heavy (non-hydrogen) atoms. The van der Waals surface area contributed by atoms with Crippen molar-refractivity contribution < 1.29 is 14.7 Å². The molecule has 1 amide bonds. The molecule has 0 aliphatic heterocycles. The lowest BCUT2D eigenvalue weighted by molar-refractivity contribution is -0.153. The number of hydrogen-bond acceptors (Lipinski definition) is 2. The number of halogens is 1. The van der Waals surface area contributed by atoms with Gasteiger partial charge in [-0.3, -0.25) is 9.59 Å². The maximum Gasteiger partial charge on any atom is 0.307 e. The van der Waals surface area contributed by atoms with E-state index in [0.717, 1.165) is 28.7 Å². The van der Waals surface area contributed by atoms with Crippen molar-refractivity contribution in [1.29, 1.82) is 0 Å². The van der Waals surface area contributed by atoms with Gasteiger partial charge >= 0.3 is 5.97 Å². The van der Waals surface area contributed by atoms with Crippen molar-refractivity contribution >= 4 is 23.5 Å². The summed E-state index contributed by atoms with van der Waals surface area (Å²) in [7, 11) is 0. The molecule has 3 aromatic carbocycles. The molecule has 5 heteroatoms. The van der Waals surface area contributed by atoms with Gasteiger partial charge in [0.1, 0.15) is 0 Å². The fourth-order valence-electron chi connectivity index (χ4n) is 4.55. The zero-order valence-electron chi connectivity index (χ0n) is 18.6. The monoisotopic (exact) mass is 461 g/mol. The Labute approximate surface area is 199 Å². The van der Waals surface area contributed by atoms with E-state index in [9.17, 15) is 14.7 Å². The van der Waals surface area contributed by atoms with Crippen LogP contribution in [0.5, 0.6) is 0 Å². The number of hydrogen-bond donors (Lipinski definition) is 2. The van der Waals surface area contributed by atoms with E-state index in [1.807, 2.05) is 49.4 Å². The van der Waals surface area contributed by atoms with Gasteiger partial charge in [-0.2, -0.15) is 0 Å². The molecule has 0 aromatic heterocycles. The van der Waals surface area contributed by atoms with E-state index in [-0.39, 0.29) is 17.9 Å². The topological polar surface area (TPSA) is 66.4 Å². The highest BCUT2D eigenvalue weighted by atomic mass is 35.5. The van der Waals surface area contributed by atoms with Gasteiger partial charge in [-0.25, -0.2) is 0 Å². The van der Waals surface area contributed by atoms with E-state index in [1.165, 1.54) is 0 Å². The lowest BCUT2D eigenvalue weighted by Gasteiger charge is -2.34. The smallest absolute Gasteiger partial charge is 0.307 e. The van der Waals surface area contributed by atoms with Crippen LogP contribution in [0.25, 0.3) is 11.1 Å². The van der Waals surface area contributed by atoms with Crippen LogP contribution in [0.2, 0.25) is 5.02 Å². The summed E-state index contributed by atoms with van der Waals surface area (Å²) >= 11 is 6.06. The molecule has 1 saturated carbocycles. The Balaban J connectivity index is 1.55. The fourth-order valence-corrected chi connectivity index (χ4v) is 4.68. The van der Waals surface area contributed by atoms with E-state index in [0.29, 0.717) is 17.9 Å². The average molecular weight is 462 g/mol. The number of carbonyl (C=O) groups excluding carboxylic acids is 1. The second-order valence-corrected chi connectivity index (χ2v) is 9.29. The van der Waals surface area contributed by atoms with Gasteiger partial charge in [0.15, 0.2) is 0 Å². The zero-order valence-corrected chi connectivity index (χ0v) is 19.3. The standard InChI is InChI=1S/C28H28ClNO3/c1-18(30-27(31)24-15-16-25(24)28(32)33)26(17-19-7-13-23(29)14-8-19)22-11-9-21(10-12-22)20-5-3-2-4-6-20/h2-14,18,24-26H,15-17H2,1H3,(H,30,31)(H,32,33)/t18-,24?,25?,26-/m0/s1. The van der Waals surface area contributed by atoms with Crippen molar-refractivity contribution in [3.63, 3.8) is 0 Å². The highest BCUT2D eigenvalue weighted by molar-refractivity contribution is 6.30. The SMILES string of the molecule is C[C@H](NC(=O)C1CCC1C(=O)O)[C@H](Cc1ccc(Cl)cc1)c1ccc(-c2ccccc2)cc1. The summed E-state index contributed by atoms with van der Waals surface area (Å²) in [6, 6.07) is 26.3. The molecule has 0 spiro atoms. The van der Waals surface area contributed by atoms with Crippen molar-refractivity contribution in [1.82, 2.24) is 5.32 Å². The van der Waals surface area contributed by atoms with Crippen molar-refractivity contribution in [2.75, 3.05) is 0 Å². The fraction of sp³-hybridized carbons (Fsp3) is 0.286. The van der Waals surface area contributed by atoms with Gasteiger partial charge in [-0.1, -0.05) is 78.3 Å². The van der Waals surface area contributed by atoms with Crippen LogP contribution < -0.4 is 5.32 Å². The normalized spacial score (nSPS) is 19.2. The molecule has 170 valence electrons. The molecule has 0 radical (unpaired) electrons. The van der Waals surface area contributed by atoms with Crippen LogP contribution in [0, 0.1) is 11.8 Å². The van der Waals surface area contributed by atoms with E-state index >= 15 is 0 Å². The quantitative estimate of drug-likeness (QED) is 0.435. The third-order valence-electron chi connectivity index (χ3n) is 6.72. The Morgan fingerprint density at radius 3 is 2.09 bits per heavy atom. The molecule has 1 fully saturated rings. The van der Waals surface area contributed by atoms with Crippen LogP contribution in [0.15, 0.2) is 78.9 Å². The van der Waals surface area contributed by atoms with Gasteiger partial charge in [-0.05, 0) is 60.6 Å². The number of carboxylic acids is 1. The molecule has 0 saturated heterocycles. The van der Waals surface area contributed by atoms with E-state index in [4.69, 9.17) is 11.6 Å². The van der Waals surface area contributed by atoms with Crippen molar-refractivity contribution in [3.05, 3.63) is 95.0 Å². The van der Waals surface area contributed by atoms with Gasteiger partial charge in [0.25, 0.3) is 0 Å². The van der Waals surface area contributed by atoms with Crippen molar-refractivity contribution in [2.45, 2.75) is 38.1 Å². The van der Waals surface area contributed by atoms with Crippen molar-refractivity contribution in [2.24, 2.45) is 11.8 Å². The molecule has 3 aromatic rings. The van der Waals surface area contributed by atoms with Crippen LogP contribution in [0.4, 0.5) is 0 Å². The van der Waals surface area contributed by atoms with Gasteiger partial charge in [0.05, 0.1) is 11.8 Å². The second kappa shape index (κ2) is 10.2. The molecule has 4 rings (SSSR count). The zero-order chi connectivity index (χ0) is 23.4. The van der Waals surface area contributed by atoms with Crippen LogP contribution in [0.1, 0.15) is 36.8 Å². The van der Waals surface area contributed by atoms with Gasteiger partial charge in [0.2, 0.25) is 5.91 Å². The number of aliphatic carboxylic acids is 1. The first-order chi connectivity index (χ1) is 15.9. The molecule has 4 atom stereocenters. The maximum atomic E-state index is 12.8. The number of nitrogens with one attached hydrogen (secondary N) is 1. The maximum absolute atomic E-state index is 12.8. The lowest BCUT2D eigenvalue weighted by Crippen LogP contribution is -2.48. The number of carbonyl (C=O) groups is 2. The summed E-state index contributed by atoms with van der Waals surface area (Å²) in [6.45, 7) is 2.00. The van der Waals surface area contributed by atoms with E-state index < -0.39 is 17.8 Å². The molecule has 0 bridgehead atoms.